The van der Waals surface area contributed by atoms with E-state index in [2.05, 4.69) is 5.32 Å². The maximum absolute atomic E-state index is 10.6. The SMILES string of the molecule is CCC(=O)CC1CN1. The van der Waals surface area contributed by atoms with Crippen molar-refractivity contribution < 1.29 is 4.79 Å². The lowest BCUT2D eigenvalue weighted by Crippen LogP contribution is -2.01. The summed E-state index contributed by atoms with van der Waals surface area (Å²) in [6.45, 7) is 2.95. The number of Topliss-reactive ketones (excluding diaryl/α,β-unsaturated/α-hetero) is 1. The molecule has 0 saturated carbocycles. The molecule has 0 aromatic heterocycles. The number of carbonyl (C=O) groups is 1. The van der Waals surface area contributed by atoms with E-state index >= 15 is 0 Å². The van der Waals surface area contributed by atoms with Crippen LogP contribution in [0.25, 0.3) is 0 Å². The maximum Gasteiger partial charge on any atom is 0.134 e. The molecule has 1 saturated heterocycles. The lowest BCUT2D eigenvalue weighted by atomic mass is 10.2. The molecule has 1 rings (SSSR count). The van der Waals surface area contributed by atoms with Gasteiger partial charge < -0.3 is 5.32 Å². The molecule has 0 aromatic carbocycles. The van der Waals surface area contributed by atoms with Crippen molar-refractivity contribution in [1.29, 1.82) is 0 Å². The average molecular weight is 113 g/mol. The van der Waals surface area contributed by atoms with Crippen LogP contribution in [0, 0.1) is 0 Å². The normalized spacial score (nSPS) is 25.4. The first kappa shape index (κ1) is 5.76. The molecule has 1 atom stereocenters. The van der Waals surface area contributed by atoms with Gasteiger partial charge in [-0.2, -0.15) is 0 Å². The van der Waals surface area contributed by atoms with E-state index in [4.69, 9.17) is 0 Å². The number of hydrogen-bond acceptors (Lipinski definition) is 2. The van der Waals surface area contributed by atoms with Crippen LogP contribution in [-0.2, 0) is 4.79 Å². The van der Waals surface area contributed by atoms with E-state index in [0.29, 0.717) is 18.2 Å². The first-order chi connectivity index (χ1) is 3.83. The Morgan fingerprint density at radius 3 is 2.88 bits per heavy atom. The first-order valence-corrected chi connectivity index (χ1v) is 3.08. The van der Waals surface area contributed by atoms with Gasteiger partial charge in [-0.3, -0.25) is 4.79 Å². The summed E-state index contributed by atoms with van der Waals surface area (Å²) in [6, 6.07) is 0.530. The monoisotopic (exact) mass is 113 g/mol. The Bertz CT molecular complexity index is 96.7. The summed E-state index contributed by atoms with van der Waals surface area (Å²) in [7, 11) is 0. The number of rotatable bonds is 3. The highest BCUT2D eigenvalue weighted by molar-refractivity contribution is 5.79. The summed E-state index contributed by atoms with van der Waals surface area (Å²) < 4.78 is 0. The Morgan fingerprint density at radius 1 is 1.88 bits per heavy atom. The molecule has 1 heterocycles. The number of carbonyl (C=O) groups excluding carboxylic acids is 1. The van der Waals surface area contributed by atoms with E-state index in [1.165, 1.54) is 0 Å². The van der Waals surface area contributed by atoms with E-state index in [9.17, 15) is 4.79 Å². The van der Waals surface area contributed by atoms with E-state index in [0.717, 1.165) is 13.0 Å². The minimum atomic E-state index is 0.375. The van der Waals surface area contributed by atoms with Gasteiger partial charge in [0.1, 0.15) is 5.78 Å². The van der Waals surface area contributed by atoms with Gasteiger partial charge in [0.15, 0.2) is 0 Å². The second kappa shape index (κ2) is 2.27. The van der Waals surface area contributed by atoms with Crippen molar-refractivity contribution in [2.45, 2.75) is 25.8 Å². The van der Waals surface area contributed by atoms with E-state index in [1.54, 1.807) is 0 Å². The fourth-order valence-corrected chi connectivity index (χ4v) is 0.647. The van der Waals surface area contributed by atoms with Gasteiger partial charge in [0, 0.05) is 25.4 Å². The minimum Gasteiger partial charge on any atom is -0.311 e. The van der Waals surface area contributed by atoms with Crippen molar-refractivity contribution in [3.63, 3.8) is 0 Å². The third-order valence-corrected chi connectivity index (χ3v) is 1.36. The van der Waals surface area contributed by atoms with Crippen LogP contribution in [0.3, 0.4) is 0 Å². The molecule has 2 heteroatoms. The summed E-state index contributed by atoms with van der Waals surface area (Å²) >= 11 is 0. The van der Waals surface area contributed by atoms with Gasteiger partial charge in [-0.15, -0.1) is 0 Å². The van der Waals surface area contributed by atoms with Gasteiger partial charge in [-0.1, -0.05) is 6.92 Å². The molecule has 1 aliphatic heterocycles. The molecule has 1 N–H and O–H groups in total. The molecule has 0 bridgehead atoms. The standard InChI is InChI=1S/C6H11NO/c1-2-6(8)3-5-4-7-5/h5,7H,2-4H2,1H3. The summed E-state index contributed by atoms with van der Waals surface area (Å²) in [5, 5.41) is 3.08. The summed E-state index contributed by atoms with van der Waals surface area (Å²) in [5.41, 5.74) is 0. The molecular weight excluding hydrogens is 102 g/mol. The van der Waals surface area contributed by atoms with Gasteiger partial charge in [0.25, 0.3) is 0 Å². The third kappa shape index (κ3) is 1.62. The minimum absolute atomic E-state index is 0.375. The number of ketones is 1. The quantitative estimate of drug-likeness (QED) is 0.535. The van der Waals surface area contributed by atoms with Crippen LogP contribution >= 0.6 is 0 Å². The van der Waals surface area contributed by atoms with Crippen molar-refractivity contribution in [3.05, 3.63) is 0 Å². The highest BCUT2D eigenvalue weighted by Crippen LogP contribution is 2.03. The summed E-state index contributed by atoms with van der Waals surface area (Å²) in [5.74, 6) is 0.375. The maximum atomic E-state index is 10.6. The van der Waals surface area contributed by atoms with Crippen molar-refractivity contribution in [1.82, 2.24) is 5.32 Å². The first-order valence-electron chi connectivity index (χ1n) is 3.08. The van der Waals surface area contributed by atoms with Gasteiger partial charge in [0.2, 0.25) is 0 Å². The van der Waals surface area contributed by atoms with Crippen LogP contribution in [0.15, 0.2) is 0 Å². The molecule has 0 amide bonds. The molecule has 0 aromatic rings. The molecular formula is C6H11NO. The zero-order valence-corrected chi connectivity index (χ0v) is 5.11. The summed E-state index contributed by atoms with van der Waals surface area (Å²) in [6.07, 6.45) is 1.44. The molecule has 0 spiro atoms. The van der Waals surface area contributed by atoms with E-state index in [1.807, 2.05) is 6.92 Å². The zero-order valence-electron chi connectivity index (χ0n) is 5.11. The smallest absolute Gasteiger partial charge is 0.134 e. The van der Waals surface area contributed by atoms with Crippen molar-refractivity contribution in [3.8, 4) is 0 Å². The second-order valence-electron chi connectivity index (χ2n) is 2.20. The Hall–Kier alpha value is -0.370. The van der Waals surface area contributed by atoms with Crippen LogP contribution in [0.5, 0.6) is 0 Å². The molecule has 8 heavy (non-hydrogen) atoms. The van der Waals surface area contributed by atoms with E-state index in [-0.39, 0.29) is 0 Å². The predicted octanol–water partition coefficient (Wildman–Crippen LogP) is 0.327. The number of nitrogens with one attached hydrogen (secondary N) is 1. The molecule has 0 aliphatic carbocycles. The fourth-order valence-electron chi connectivity index (χ4n) is 0.647. The van der Waals surface area contributed by atoms with Gasteiger partial charge in [-0.05, 0) is 0 Å². The highest BCUT2D eigenvalue weighted by Gasteiger charge is 2.21. The molecule has 1 unspecified atom stereocenters. The topological polar surface area (TPSA) is 39.0 Å². The van der Waals surface area contributed by atoms with Gasteiger partial charge in [0.05, 0.1) is 0 Å². The van der Waals surface area contributed by atoms with Crippen molar-refractivity contribution in [2.24, 2.45) is 0 Å². The van der Waals surface area contributed by atoms with Crippen LogP contribution < -0.4 is 5.32 Å². The largest absolute Gasteiger partial charge is 0.311 e. The van der Waals surface area contributed by atoms with Gasteiger partial charge >= 0.3 is 0 Å². The van der Waals surface area contributed by atoms with Crippen LogP contribution in [-0.4, -0.2) is 18.4 Å². The fraction of sp³-hybridized carbons (Fsp3) is 0.833. The molecule has 0 radical (unpaired) electrons. The molecule has 46 valence electrons. The van der Waals surface area contributed by atoms with Crippen LogP contribution in [0.2, 0.25) is 0 Å². The van der Waals surface area contributed by atoms with Crippen LogP contribution in [0.4, 0.5) is 0 Å². The zero-order chi connectivity index (χ0) is 5.98. The Morgan fingerprint density at radius 2 is 2.50 bits per heavy atom. The molecule has 2 nitrogen and oxygen atoms in total. The average Bonchev–Trinajstić information content (AvgIpc) is 2.50. The lowest BCUT2D eigenvalue weighted by Gasteiger charge is -1.88. The van der Waals surface area contributed by atoms with Crippen LogP contribution in [0.1, 0.15) is 19.8 Å². The van der Waals surface area contributed by atoms with Gasteiger partial charge in [-0.25, -0.2) is 0 Å². The van der Waals surface area contributed by atoms with E-state index < -0.39 is 0 Å². The predicted molar refractivity (Wildman–Crippen MR) is 31.7 cm³/mol. The second-order valence-corrected chi connectivity index (χ2v) is 2.20. The lowest BCUT2D eigenvalue weighted by molar-refractivity contribution is -0.118. The Labute approximate surface area is 49.3 Å². The third-order valence-electron chi connectivity index (χ3n) is 1.36. The summed E-state index contributed by atoms with van der Waals surface area (Å²) in [4.78, 5) is 10.6. The van der Waals surface area contributed by atoms with Crippen molar-refractivity contribution in [2.75, 3.05) is 6.54 Å². The Kier molecular flexibility index (Phi) is 1.63. The highest BCUT2D eigenvalue weighted by atomic mass is 16.1. The molecule has 1 fully saturated rings. The van der Waals surface area contributed by atoms with Crippen molar-refractivity contribution >= 4 is 5.78 Å². The Balaban J connectivity index is 2.07. The number of hydrogen-bond donors (Lipinski definition) is 1. The molecule has 1 aliphatic rings.